The predicted molar refractivity (Wildman–Crippen MR) is 199 cm³/mol. The molecule has 0 spiro atoms. The first kappa shape index (κ1) is 37.3. The molecule has 15 nitrogen and oxygen atoms in total. The molecule has 3 fully saturated rings. The van der Waals surface area contributed by atoms with Gasteiger partial charge >= 0.3 is 6.09 Å². The first-order chi connectivity index (χ1) is 26.1. The molecular weight excluding hydrogens is 717 g/mol. The van der Waals surface area contributed by atoms with Gasteiger partial charge in [0.05, 0.1) is 19.2 Å². The zero-order valence-corrected chi connectivity index (χ0v) is 31.5. The second-order valence-corrected chi connectivity index (χ2v) is 16.0. The standard InChI is InChI=1S/C38H46N6O9S/c1-38(2,19-50-24-7-4-6-23(17-24)31-36(49-3)41-26-13-14-29-33(32(26)42-31)53-21-52-29)20-51-37(48)39-18-30(45)44-15-5-8-28(44)35(47)40-27(16-22-9-10-22)34(46)43-54-25-11-12-25/h4,6-7,13-14,17,22,25,27-28H,5,8-12,15-16,18-21H2,1-3H3,(H,39,48)(H,40,47)(H,43,46). The Hall–Kier alpha value is -4.99. The van der Waals surface area contributed by atoms with Gasteiger partial charge in [0, 0.05) is 22.8 Å². The van der Waals surface area contributed by atoms with E-state index in [1.165, 1.54) is 24.0 Å². The largest absolute Gasteiger partial charge is 0.493 e. The molecule has 3 N–H and O–H groups in total. The molecule has 3 heterocycles. The number of methoxy groups -OCH3 is 1. The number of nitrogens with one attached hydrogen (secondary N) is 3. The molecule has 2 aromatic carbocycles. The third kappa shape index (κ3) is 9.20. The molecule has 4 amide bonds. The third-order valence-electron chi connectivity index (χ3n) is 9.67. The lowest BCUT2D eigenvalue weighted by molar-refractivity contribution is -0.138. The number of carbonyl (C=O) groups excluding carboxylic acids is 4. The fourth-order valence-electron chi connectivity index (χ4n) is 6.34. The van der Waals surface area contributed by atoms with Crippen LogP contribution in [0.2, 0.25) is 0 Å². The molecule has 7 rings (SSSR count). The van der Waals surface area contributed by atoms with Crippen LogP contribution in [0.15, 0.2) is 36.4 Å². The van der Waals surface area contributed by atoms with Gasteiger partial charge in [0.15, 0.2) is 11.5 Å². The van der Waals surface area contributed by atoms with E-state index in [0.717, 1.165) is 31.2 Å². The summed E-state index contributed by atoms with van der Waals surface area (Å²) in [6.07, 6.45) is 5.26. The zero-order valence-electron chi connectivity index (χ0n) is 30.7. The van der Waals surface area contributed by atoms with Gasteiger partial charge in [0.2, 0.25) is 24.5 Å². The molecule has 4 aliphatic rings. The summed E-state index contributed by atoms with van der Waals surface area (Å²) in [6.45, 7) is 4.20. The number of ether oxygens (including phenoxy) is 5. The Morgan fingerprint density at radius 2 is 1.87 bits per heavy atom. The molecule has 2 atom stereocenters. The normalized spacial score (nSPS) is 18.2. The van der Waals surface area contributed by atoms with Crippen LogP contribution in [0.1, 0.15) is 58.8 Å². The number of likely N-dealkylation sites (tertiary alicyclic amines) is 1. The van der Waals surface area contributed by atoms with Gasteiger partial charge < -0.3 is 39.2 Å². The summed E-state index contributed by atoms with van der Waals surface area (Å²) in [4.78, 5) is 62.9. The summed E-state index contributed by atoms with van der Waals surface area (Å²) >= 11 is 1.42. The summed E-state index contributed by atoms with van der Waals surface area (Å²) in [6, 6.07) is 9.63. The lowest BCUT2D eigenvalue weighted by Gasteiger charge is -2.27. The van der Waals surface area contributed by atoms with Crippen molar-refractivity contribution in [2.24, 2.45) is 11.3 Å². The Labute approximate surface area is 317 Å². The topological polar surface area (TPSA) is 180 Å². The molecule has 16 heteroatoms. The van der Waals surface area contributed by atoms with Gasteiger partial charge in [-0.1, -0.05) is 38.8 Å². The van der Waals surface area contributed by atoms with Crippen molar-refractivity contribution in [3.63, 3.8) is 0 Å². The average Bonchev–Trinajstić information content (AvgIpc) is 4.08. The zero-order chi connectivity index (χ0) is 37.8. The van der Waals surface area contributed by atoms with Gasteiger partial charge in [-0.2, -0.15) is 0 Å². The molecule has 0 bridgehead atoms. The highest BCUT2D eigenvalue weighted by atomic mass is 32.2. The molecule has 2 aliphatic carbocycles. The number of hydrogen-bond acceptors (Lipinski definition) is 12. The van der Waals surface area contributed by atoms with E-state index in [4.69, 9.17) is 28.7 Å². The second kappa shape index (κ2) is 16.2. The number of aromatic nitrogens is 2. The second-order valence-electron chi connectivity index (χ2n) is 14.9. The van der Waals surface area contributed by atoms with E-state index in [1.807, 2.05) is 38.1 Å². The molecule has 0 radical (unpaired) electrons. The van der Waals surface area contributed by atoms with E-state index in [1.54, 1.807) is 12.1 Å². The number of fused-ring (bicyclic) bond motifs is 3. The number of hydrogen-bond donors (Lipinski definition) is 3. The highest BCUT2D eigenvalue weighted by Gasteiger charge is 2.38. The molecule has 54 heavy (non-hydrogen) atoms. The molecule has 288 valence electrons. The lowest BCUT2D eigenvalue weighted by atomic mass is 9.96. The molecule has 1 saturated heterocycles. The van der Waals surface area contributed by atoms with E-state index in [-0.39, 0.29) is 38.4 Å². The maximum atomic E-state index is 13.3. The van der Waals surface area contributed by atoms with Crippen molar-refractivity contribution in [3.05, 3.63) is 36.4 Å². The smallest absolute Gasteiger partial charge is 0.407 e. The number of nitrogens with zero attached hydrogens (tertiary/aromatic N) is 3. The van der Waals surface area contributed by atoms with E-state index >= 15 is 0 Å². The molecular formula is C38H46N6O9S. The number of rotatable bonds is 16. The van der Waals surface area contributed by atoms with E-state index < -0.39 is 29.5 Å². The molecule has 1 aromatic heterocycles. The fourth-order valence-corrected chi connectivity index (χ4v) is 7.13. The summed E-state index contributed by atoms with van der Waals surface area (Å²) in [7, 11) is 1.54. The predicted octanol–water partition coefficient (Wildman–Crippen LogP) is 4.37. The van der Waals surface area contributed by atoms with Crippen LogP contribution in [0.3, 0.4) is 0 Å². The van der Waals surface area contributed by atoms with Gasteiger partial charge in [-0.15, -0.1) is 0 Å². The van der Waals surface area contributed by atoms with Crippen LogP contribution < -0.4 is 34.3 Å². The van der Waals surface area contributed by atoms with Crippen molar-refractivity contribution in [2.75, 3.05) is 40.2 Å². The minimum Gasteiger partial charge on any atom is -0.493 e. The molecule has 3 aromatic rings. The van der Waals surface area contributed by atoms with Crippen LogP contribution in [0, 0.1) is 11.3 Å². The maximum absolute atomic E-state index is 13.3. The Kier molecular flexibility index (Phi) is 11.2. The fraction of sp³-hybridized carbons (Fsp3) is 0.526. The van der Waals surface area contributed by atoms with Gasteiger partial charge in [0.1, 0.15) is 42.2 Å². The number of benzene rings is 2. The average molecular weight is 763 g/mol. The van der Waals surface area contributed by atoms with E-state index in [2.05, 4.69) is 20.3 Å². The quantitative estimate of drug-likeness (QED) is 0.176. The lowest BCUT2D eigenvalue weighted by Crippen LogP contribution is -2.53. The van der Waals surface area contributed by atoms with Crippen molar-refractivity contribution in [2.45, 2.75) is 76.1 Å². The van der Waals surface area contributed by atoms with Gasteiger partial charge in [-0.25, -0.2) is 14.8 Å². The number of amides is 4. The highest BCUT2D eigenvalue weighted by Crippen LogP contribution is 2.40. The van der Waals surface area contributed by atoms with Crippen LogP contribution in [-0.4, -0.2) is 96.2 Å². The first-order valence-electron chi connectivity index (χ1n) is 18.4. The van der Waals surface area contributed by atoms with Crippen molar-refractivity contribution < 1.29 is 42.9 Å². The van der Waals surface area contributed by atoms with E-state index in [9.17, 15) is 19.2 Å². The van der Waals surface area contributed by atoms with Crippen LogP contribution >= 0.6 is 11.9 Å². The van der Waals surface area contributed by atoms with Gasteiger partial charge in [-0.05, 0) is 74.2 Å². The Morgan fingerprint density at radius 3 is 2.65 bits per heavy atom. The van der Waals surface area contributed by atoms with Crippen LogP contribution in [0.25, 0.3) is 22.3 Å². The highest BCUT2D eigenvalue weighted by molar-refractivity contribution is 7.98. The van der Waals surface area contributed by atoms with Crippen molar-refractivity contribution >= 4 is 46.8 Å². The minimum atomic E-state index is -0.754. The Bertz CT molecular complexity index is 1900. The van der Waals surface area contributed by atoms with Crippen molar-refractivity contribution in [1.29, 1.82) is 0 Å². The SMILES string of the molecule is COc1nc2ccc3c(c2nc1-c1cccc(OCC(C)(C)COC(=O)NCC(=O)N2CCCC2C(=O)NC(CC2CC2)C(=O)NSC2CC2)c1)OCO3. The first-order valence-corrected chi connectivity index (χ1v) is 19.3. The van der Waals surface area contributed by atoms with Crippen molar-refractivity contribution in [3.8, 4) is 34.4 Å². The molecule has 2 unspecified atom stereocenters. The van der Waals surface area contributed by atoms with Crippen LogP contribution in [-0.2, 0) is 19.1 Å². The summed E-state index contributed by atoms with van der Waals surface area (Å²) in [5, 5.41) is 5.89. The Balaban J connectivity index is 0.881. The number of alkyl carbamates (subject to hydrolysis) is 1. The van der Waals surface area contributed by atoms with Crippen LogP contribution in [0.4, 0.5) is 4.79 Å². The monoisotopic (exact) mass is 762 g/mol. The minimum absolute atomic E-state index is 0.0160. The van der Waals surface area contributed by atoms with Gasteiger partial charge in [-0.3, -0.25) is 19.1 Å². The van der Waals surface area contributed by atoms with E-state index in [0.29, 0.717) is 76.8 Å². The summed E-state index contributed by atoms with van der Waals surface area (Å²) < 4.78 is 31.2. The molecule has 2 aliphatic heterocycles. The third-order valence-corrected chi connectivity index (χ3v) is 10.8. The molecule has 2 saturated carbocycles. The summed E-state index contributed by atoms with van der Waals surface area (Å²) in [5.74, 6) is 1.56. The van der Waals surface area contributed by atoms with Crippen molar-refractivity contribution in [1.82, 2.24) is 30.2 Å². The van der Waals surface area contributed by atoms with Crippen LogP contribution in [0.5, 0.6) is 23.1 Å². The van der Waals surface area contributed by atoms with Gasteiger partial charge in [0.25, 0.3) is 5.91 Å². The summed E-state index contributed by atoms with van der Waals surface area (Å²) in [5.41, 5.74) is 1.82. The Morgan fingerprint density at radius 1 is 1.04 bits per heavy atom. The number of carbonyl (C=O) groups is 4. The maximum Gasteiger partial charge on any atom is 0.407 e.